The maximum Gasteiger partial charge on any atom is 0.219 e. The van der Waals surface area contributed by atoms with Crippen molar-refractivity contribution in [1.29, 1.82) is 0 Å². The van der Waals surface area contributed by atoms with E-state index in [0.717, 1.165) is 64.6 Å². The number of anilines is 1. The van der Waals surface area contributed by atoms with Crippen molar-refractivity contribution in [3.63, 3.8) is 0 Å². The van der Waals surface area contributed by atoms with Crippen molar-refractivity contribution < 1.29 is 9.47 Å². The van der Waals surface area contributed by atoms with E-state index >= 15 is 0 Å². The second-order valence-electron chi connectivity index (χ2n) is 7.79. The number of pyridine rings is 1. The Hall–Kier alpha value is -3.15. The third kappa shape index (κ3) is 3.94. The summed E-state index contributed by atoms with van der Waals surface area (Å²) in [4.78, 5) is 14.5. The minimum absolute atomic E-state index is 0.00609. The Morgan fingerprint density at radius 2 is 1.87 bits per heavy atom. The minimum Gasteiger partial charge on any atom is -0.497 e. The van der Waals surface area contributed by atoms with E-state index in [1.165, 1.54) is 0 Å². The molecular weight excluding hydrogens is 388 g/mol. The molecule has 1 aliphatic heterocycles. The van der Waals surface area contributed by atoms with E-state index in [2.05, 4.69) is 50.1 Å². The summed E-state index contributed by atoms with van der Waals surface area (Å²) >= 11 is 0. The molecule has 0 amide bonds. The number of benzene rings is 1. The number of methoxy groups -OCH3 is 1. The molecule has 3 aromatic rings. The van der Waals surface area contributed by atoms with Gasteiger partial charge in [0.15, 0.2) is 0 Å². The molecule has 6 nitrogen and oxygen atoms in total. The first kappa shape index (κ1) is 21.1. The normalized spacial score (nSPS) is 17.2. The molecule has 0 spiro atoms. The summed E-state index contributed by atoms with van der Waals surface area (Å²) in [5.74, 6) is 2.39. The van der Waals surface area contributed by atoms with Crippen LogP contribution in [0.15, 0.2) is 36.5 Å². The predicted octanol–water partition coefficient (Wildman–Crippen LogP) is 5.30. The van der Waals surface area contributed by atoms with Gasteiger partial charge in [-0.3, -0.25) is 0 Å². The highest BCUT2D eigenvalue weighted by Crippen LogP contribution is 2.39. The molecule has 4 rings (SSSR count). The summed E-state index contributed by atoms with van der Waals surface area (Å²) in [5, 5.41) is 3.65. The van der Waals surface area contributed by atoms with Gasteiger partial charge >= 0.3 is 0 Å². The fourth-order valence-corrected chi connectivity index (χ4v) is 4.15. The second kappa shape index (κ2) is 8.92. The van der Waals surface area contributed by atoms with E-state index in [1.54, 1.807) is 13.3 Å². The van der Waals surface area contributed by atoms with E-state index in [1.807, 2.05) is 18.2 Å². The molecule has 6 heteroatoms. The number of rotatable bonds is 7. The van der Waals surface area contributed by atoms with Crippen molar-refractivity contribution in [1.82, 2.24) is 15.0 Å². The highest BCUT2D eigenvalue weighted by molar-refractivity contribution is 5.68. The van der Waals surface area contributed by atoms with Gasteiger partial charge in [-0.2, -0.15) is 0 Å². The predicted molar refractivity (Wildman–Crippen MR) is 123 cm³/mol. The molecule has 1 aromatic carbocycles. The summed E-state index contributed by atoms with van der Waals surface area (Å²) in [5.41, 5.74) is 6.17. The zero-order valence-electron chi connectivity index (χ0n) is 18.9. The average Bonchev–Trinajstić information content (AvgIpc) is 3.16. The molecular formula is C25H30N4O2. The van der Waals surface area contributed by atoms with E-state index in [-0.39, 0.29) is 12.1 Å². The number of fused-ring (bicyclic) bond motifs is 1. The summed E-state index contributed by atoms with van der Waals surface area (Å²) in [6.07, 6.45) is 4.25. The smallest absolute Gasteiger partial charge is 0.219 e. The van der Waals surface area contributed by atoms with E-state index < -0.39 is 0 Å². The first-order valence-electron chi connectivity index (χ1n) is 11.0. The number of aryl methyl sites for hydroxylation is 3. The van der Waals surface area contributed by atoms with Gasteiger partial charge in [-0.1, -0.05) is 20.8 Å². The van der Waals surface area contributed by atoms with Gasteiger partial charge < -0.3 is 14.8 Å². The van der Waals surface area contributed by atoms with E-state index in [4.69, 9.17) is 19.4 Å². The van der Waals surface area contributed by atoms with Crippen molar-refractivity contribution >= 4 is 5.82 Å². The van der Waals surface area contributed by atoms with Crippen LogP contribution in [0.3, 0.4) is 0 Å². The van der Waals surface area contributed by atoms with Crippen molar-refractivity contribution in [3.05, 3.63) is 59.0 Å². The average molecular weight is 419 g/mol. The van der Waals surface area contributed by atoms with Crippen LogP contribution in [0, 0.1) is 6.92 Å². The van der Waals surface area contributed by atoms with Gasteiger partial charge in [0.2, 0.25) is 5.88 Å². The largest absolute Gasteiger partial charge is 0.497 e. The number of nitrogens with zero attached hydrogens (tertiary/aromatic N) is 3. The molecule has 2 aromatic heterocycles. The lowest BCUT2D eigenvalue weighted by Gasteiger charge is -2.22. The van der Waals surface area contributed by atoms with Gasteiger partial charge in [-0.25, -0.2) is 15.0 Å². The quantitative estimate of drug-likeness (QED) is 0.561. The molecule has 1 aliphatic rings. The van der Waals surface area contributed by atoms with Crippen LogP contribution in [0.4, 0.5) is 5.82 Å². The summed E-state index contributed by atoms with van der Waals surface area (Å²) in [6.45, 7) is 8.45. The lowest BCUT2D eigenvalue weighted by atomic mass is 10.0. The number of aromatic nitrogens is 3. The van der Waals surface area contributed by atoms with Crippen molar-refractivity contribution in [2.75, 3.05) is 12.4 Å². The van der Waals surface area contributed by atoms with Crippen LogP contribution in [0.2, 0.25) is 0 Å². The molecule has 0 aliphatic carbocycles. The fourth-order valence-electron chi connectivity index (χ4n) is 4.15. The van der Waals surface area contributed by atoms with Gasteiger partial charge in [0.25, 0.3) is 0 Å². The molecule has 2 atom stereocenters. The zero-order chi connectivity index (χ0) is 22.0. The molecule has 0 saturated carbocycles. The lowest BCUT2D eigenvalue weighted by molar-refractivity contribution is 0.202. The second-order valence-corrected chi connectivity index (χ2v) is 7.79. The third-order valence-corrected chi connectivity index (χ3v) is 5.86. The Bertz CT molecular complexity index is 1080. The maximum absolute atomic E-state index is 6.07. The lowest BCUT2D eigenvalue weighted by Crippen LogP contribution is -2.25. The molecule has 0 bridgehead atoms. The summed E-state index contributed by atoms with van der Waals surface area (Å²) in [6, 6.07) is 10.1. The molecule has 31 heavy (non-hydrogen) atoms. The van der Waals surface area contributed by atoms with Crippen LogP contribution in [0.1, 0.15) is 55.7 Å². The van der Waals surface area contributed by atoms with Gasteiger partial charge in [0.1, 0.15) is 17.7 Å². The van der Waals surface area contributed by atoms with Crippen LogP contribution in [0.5, 0.6) is 11.6 Å². The van der Waals surface area contributed by atoms with Crippen LogP contribution in [-0.4, -0.2) is 28.2 Å². The Labute approximate surface area is 184 Å². The fraction of sp³-hybridized carbons (Fsp3) is 0.400. The van der Waals surface area contributed by atoms with Gasteiger partial charge in [0.05, 0.1) is 30.2 Å². The number of hydrogen-bond acceptors (Lipinski definition) is 6. The van der Waals surface area contributed by atoms with Crippen LogP contribution in [-0.2, 0) is 12.8 Å². The van der Waals surface area contributed by atoms with Crippen molar-refractivity contribution in [2.24, 2.45) is 0 Å². The minimum atomic E-state index is 0.00609. The molecule has 162 valence electrons. The first-order chi connectivity index (χ1) is 15.1. The van der Waals surface area contributed by atoms with Crippen LogP contribution < -0.4 is 14.8 Å². The third-order valence-electron chi connectivity index (χ3n) is 5.86. The summed E-state index contributed by atoms with van der Waals surface area (Å²) < 4.78 is 11.4. The number of hydrogen-bond donors (Lipinski definition) is 1. The van der Waals surface area contributed by atoms with Crippen molar-refractivity contribution in [3.8, 4) is 22.9 Å². The molecule has 0 radical (unpaired) electrons. The Morgan fingerprint density at radius 3 is 2.55 bits per heavy atom. The summed E-state index contributed by atoms with van der Waals surface area (Å²) in [7, 11) is 1.69. The number of ether oxygens (including phenoxy) is 2. The highest BCUT2D eigenvalue weighted by atomic mass is 16.5. The van der Waals surface area contributed by atoms with E-state index in [0.29, 0.717) is 5.88 Å². The van der Waals surface area contributed by atoms with Crippen LogP contribution >= 0.6 is 0 Å². The van der Waals surface area contributed by atoms with Crippen LogP contribution in [0.25, 0.3) is 11.3 Å². The molecule has 1 N–H and O–H groups in total. The first-order valence-corrected chi connectivity index (χ1v) is 11.0. The monoisotopic (exact) mass is 418 g/mol. The van der Waals surface area contributed by atoms with Gasteiger partial charge in [0, 0.05) is 17.3 Å². The SMILES string of the molecule is CCc1nc(-c2ccc(OC)cc2C)c(CC)nc1NC1c2cccnc2OC1CC. The molecule has 0 fully saturated rings. The van der Waals surface area contributed by atoms with E-state index in [9.17, 15) is 0 Å². The standard InChI is InChI=1S/C25H30N4O2/c1-6-19-22(17-12-11-16(30-5)14-15(17)4)27-20(7-2)24(28-19)29-23-18-10-9-13-26-25(18)31-21(23)8-3/h9-14,21,23H,6-8H2,1-5H3,(H,28,29). The maximum atomic E-state index is 6.07. The zero-order valence-corrected chi connectivity index (χ0v) is 18.9. The molecule has 2 unspecified atom stereocenters. The van der Waals surface area contributed by atoms with Gasteiger partial charge in [-0.15, -0.1) is 0 Å². The topological polar surface area (TPSA) is 69.2 Å². The van der Waals surface area contributed by atoms with Crippen molar-refractivity contribution in [2.45, 2.75) is 59.1 Å². The highest BCUT2D eigenvalue weighted by Gasteiger charge is 2.35. The molecule has 0 saturated heterocycles. The van der Waals surface area contributed by atoms with Gasteiger partial charge in [-0.05, 0) is 62.1 Å². The Kier molecular flexibility index (Phi) is 6.07. The molecule has 3 heterocycles. The number of nitrogens with one attached hydrogen (secondary N) is 1. The Morgan fingerprint density at radius 1 is 1.06 bits per heavy atom. The Balaban J connectivity index is 1.75.